The van der Waals surface area contributed by atoms with Gasteiger partial charge in [0.1, 0.15) is 11.4 Å². The summed E-state index contributed by atoms with van der Waals surface area (Å²) >= 11 is 12.3. The minimum atomic E-state index is -1.34. The second kappa shape index (κ2) is 9.03. The van der Waals surface area contributed by atoms with Crippen molar-refractivity contribution in [3.8, 4) is 6.07 Å². The van der Waals surface area contributed by atoms with Gasteiger partial charge in [0.2, 0.25) is 0 Å². The van der Waals surface area contributed by atoms with Crippen LogP contribution in [0.2, 0.25) is 10.0 Å². The van der Waals surface area contributed by atoms with Crippen LogP contribution in [0, 0.1) is 11.3 Å². The van der Waals surface area contributed by atoms with Crippen molar-refractivity contribution in [1.82, 2.24) is 14.9 Å². The van der Waals surface area contributed by atoms with E-state index in [9.17, 15) is 19.6 Å². The van der Waals surface area contributed by atoms with Gasteiger partial charge >= 0.3 is 12.0 Å². The van der Waals surface area contributed by atoms with Crippen molar-refractivity contribution in [2.75, 3.05) is 29.9 Å². The number of likely N-dealkylation sites (N-methyl/N-ethyl adjacent to an activating group) is 1. The van der Waals surface area contributed by atoms with Crippen LogP contribution in [0.1, 0.15) is 27.5 Å². The number of nitriles is 1. The van der Waals surface area contributed by atoms with Crippen LogP contribution >= 0.6 is 23.2 Å². The lowest BCUT2D eigenvalue weighted by Crippen LogP contribution is -2.53. The molecule has 2 atom stereocenters. The molecule has 2 aliphatic rings. The van der Waals surface area contributed by atoms with Gasteiger partial charge in [-0.2, -0.15) is 5.26 Å². The highest BCUT2D eigenvalue weighted by Gasteiger charge is 2.64. The molecule has 0 bridgehead atoms. The molecule has 3 amide bonds. The summed E-state index contributed by atoms with van der Waals surface area (Å²) in [6.45, 7) is 0.352. The third-order valence-electron chi connectivity index (χ3n) is 6.79. The molecule has 0 unspecified atom stereocenters. The number of carbonyl (C=O) groups is 3. The number of rotatable bonds is 4. The molecule has 2 fully saturated rings. The number of hydrogen-bond donors (Lipinski definition) is 1. The van der Waals surface area contributed by atoms with Crippen LogP contribution < -0.4 is 9.80 Å². The van der Waals surface area contributed by atoms with Gasteiger partial charge in [0.25, 0.3) is 5.91 Å². The SMILES string of the molecule is CN1C(=O)N(c2cc(Cl)cc(Cl)c2)C(=O)[C@]12CN(c1cnc(C(=O)O)cn1)C[C@H]2c1ccc(C#N)cc1. The topological polar surface area (TPSA) is 131 Å². The Bertz CT molecular complexity index is 1450. The lowest BCUT2D eigenvalue weighted by molar-refractivity contribution is -0.124. The van der Waals surface area contributed by atoms with Crippen LogP contribution in [0.15, 0.2) is 54.9 Å². The first-order valence-electron chi connectivity index (χ1n) is 11.0. The fourth-order valence-electron chi connectivity index (χ4n) is 4.97. The first-order chi connectivity index (χ1) is 17.6. The summed E-state index contributed by atoms with van der Waals surface area (Å²) in [4.78, 5) is 51.4. The van der Waals surface area contributed by atoms with Gasteiger partial charge in [0, 0.05) is 29.6 Å². The number of imide groups is 1. The quantitative estimate of drug-likeness (QED) is 0.498. The molecule has 10 nitrogen and oxygen atoms in total. The number of aromatic nitrogens is 2. The minimum absolute atomic E-state index is 0.0740. The zero-order valence-electron chi connectivity index (χ0n) is 19.3. The fraction of sp³-hybridized carbons (Fsp3) is 0.200. The Kier molecular flexibility index (Phi) is 5.98. The van der Waals surface area contributed by atoms with Gasteiger partial charge in [-0.15, -0.1) is 0 Å². The van der Waals surface area contributed by atoms with E-state index in [0.717, 1.165) is 16.7 Å². The number of carboxylic acids is 1. The molecule has 12 heteroatoms. The molecule has 5 rings (SSSR count). The first kappa shape index (κ1) is 24.5. The molecule has 1 N–H and O–H groups in total. The summed E-state index contributed by atoms with van der Waals surface area (Å²) in [5.74, 6) is -1.83. The van der Waals surface area contributed by atoms with Crippen molar-refractivity contribution in [2.45, 2.75) is 11.5 Å². The summed E-state index contributed by atoms with van der Waals surface area (Å²) in [6.07, 6.45) is 2.47. The van der Waals surface area contributed by atoms with Crippen LogP contribution in [0.5, 0.6) is 0 Å². The zero-order chi connectivity index (χ0) is 26.5. The molecule has 37 heavy (non-hydrogen) atoms. The van der Waals surface area contributed by atoms with Crippen molar-refractivity contribution in [3.63, 3.8) is 0 Å². The molecule has 3 aromatic rings. The Balaban J connectivity index is 1.61. The molecule has 186 valence electrons. The highest BCUT2D eigenvalue weighted by Crippen LogP contribution is 2.47. The van der Waals surface area contributed by atoms with E-state index in [2.05, 4.69) is 16.0 Å². The smallest absolute Gasteiger partial charge is 0.356 e. The van der Waals surface area contributed by atoms with Gasteiger partial charge in [0.05, 0.1) is 36.3 Å². The number of halogens is 2. The van der Waals surface area contributed by atoms with Crippen molar-refractivity contribution >= 4 is 52.6 Å². The van der Waals surface area contributed by atoms with E-state index in [0.29, 0.717) is 11.4 Å². The molecule has 2 saturated heterocycles. The summed E-state index contributed by atoms with van der Waals surface area (Å²) in [5, 5.41) is 18.9. The molecular weight excluding hydrogens is 519 g/mol. The largest absolute Gasteiger partial charge is 0.476 e. The predicted octanol–water partition coefficient (Wildman–Crippen LogP) is 3.79. The molecular formula is C25H18Cl2N6O4. The number of nitrogens with zero attached hydrogens (tertiary/aromatic N) is 6. The van der Waals surface area contributed by atoms with Gasteiger partial charge in [-0.1, -0.05) is 35.3 Å². The van der Waals surface area contributed by atoms with E-state index in [1.807, 2.05) is 0 Å². The van der Waals surface area contributed by atoms with Crippen LogP contribution in [0.4, 0.5) is 16.3 Å². The molecule has 0 aliphatic carbocycles. The number of carboxylic acid groups (broad SMARTS) is 1. The Morgan fingerprint density at radius 1 is 1.11 bits per heavy atom. The lowest BCUT2D eigenvalue weighted by Gasteiger charge is -2.33. The molecule has 0 radical (unpaired) electrons. The van der Waals surface area contributed by atoms with Crippen molar-refractivity contribution < 1.29 is 19.5 Å². The number of urea groups is 1. The van der Waals surface area contributed by atoms with Crippen molar-refractivity contribution in [3.05, 3.63) is 81.7 Å². The number of amides is 3. The second-order valence-corrected chi connectivity index (χ2v) is 9.64. The molecule has 1 spiro atoms. The lowest BCUT2D eigenvalue weighted by atomic mass is 9.80. The van der Waals surface area contributed by atoms with Gasteiger partial charge < -0.3 is 14.9 Å². The monoisotopic (exact) mass is 536 g/mol. The van der Waals surface area contributed by atoms with E-state index in [1.54, 1.807) is 36.2 Å². The maximum atomic E-state index is 14.2. The number of benzene rings is 2. The maximum Gasteiger partial charge on any atom is 0.356 e. The summed E-state index contributed by atoms with van der Waals surface area (Å²) in [7, 11) is 1.56. The summed E-state index contributed by atoms with van der Waals surface area (Å²) in [5.41, 5.74) is -0.100. The molecule has 1 aromatic heterocycles. The minimum Gasteiger partial charge on any atom is -0.476 e. The van der Waals surface area contributed by atoms with Crippen LogP contribution in [0.25, 0.3) is 0 Å². The van der Waals surface area contributed by atoms with Crippen LogP contribution in [0.3, 0.4) is 0 Å². The zero-order valence-corrected chi connectivity index (χ0v) is 20.8. The van der Waals surface area contributed by atoms with Crippen molar-refractivity contribution in [1.29, 1.82) is 5.26 Å². The molecule has 2 aliphatic heterocycles. The highest BCUT2D eigenvalue weighted by atomic mass is 35.5. The summed E-state index contributed by atoms with van der Waals surface area (Å²) < 4.78 is 0. The van der Waals surface area contributed by atoms with E-state index in [1.165, 1.54) is 29.3 Å². The molecule has 3 heterocycles. The maximum absolute atomic E-state index is 14.2. The standard InChI is InChI=1S/C25H18Cl2N6O4/c1-31-24(37)33(18-7-16(26)6-17(27)8-18)23(36)25(31)13-32(21-11-29-20(10-30-21)22(34)35)12-19(25)15-4-2-14(9-28)3-5-15/h2-8,10-11,19H,12-13H2,1H3,(H,34,35)/t19-,25+/m0/s1. The van der Waals surface area contributed by atoms with Gasteiger partial charge in [-0.3, -0.25) is 4.79 Å². The normalized spacial score (nSPS) is 21.1. The fourth-order valence-corrected chi connectivity index (χ4v) is 5.49. The third kappa shape index (κ3) is 3.93. The van der Waals surface area contributed by atoms with Gasteiger partial charge in [-0.05, 0) is 35.9 Å². The third-order valence-corrected chi connectivity index (χ3v) is 7.23. The average Bonchev–Trinajstić information content (AvgIpc) is 3.37. The Morgan fingerprint density at radius 2 is 1.78 bits per heavy atom. The first-order valence-corrected chi connectivity index (χ1v) is 11.8. The number of carbonyl (C=O) groups excluding carboxylic acids is 2. The van der Waals surface area contributed by atoms with E-state index >= 15 is 0 Å². The van der Waals surface area contributed by atoms with E-state index < -0.39 is 29.4 Å². The Labute approximate surface area is 221 Å². The average molecular weight is 537 g/mol. The number of aromatic carboxylic acids is 1. The van der Waals surface area contributed by atoms with Gasteiger partial charge in [-0.25, -0.2) is 24.5 Å². The Hall–Kier alpha value is -4.20. The number of hydrogen-bond acceptors (Lipinski definition) is 7. The molecule has 2 aromatic carbocycles. The summed E-state index contributed by atoms with van der Waals surface area (Å²) in [6, 6.07) is 12.9. The van der Waals surface area contributed by atoms with Crippen molar-refractivity contribution in [2.24, 2.45) is 0 Å². The van der Waals surface area contributed by atoms with Gasteiger partial charge in [0.15, 0.2) is 5.69 Å². The predicted molar refractivity (Wildman–Crippen MR) is 135 cm³/mol. The van der Waals surface area contributed by atoms with E-state index in [-0.39, 0.29) is 34.5 Å². The second-order valence-electron chi connectivity index (χ2n) is 8.77. The molecule has 0 saturated carbocycles. The van der Waals surface area contributed by atoms with Crippen LogP contribution in [-0.4, -0.2) is 63.6 Å². The Morgan fingerprint density at radius 3 is 2.35 bits per heavy atom. The highest BCUT2D eigenvalue weighted by molar-refractivity contribution is 6.35. The number of anilines is 2. The van der Waals surface area contributed by atoms with Crippen LogP contribution in [-0.2, 0) is 4.79 Å². The van der Waals surface area contributed by atoms with E-state index in [4.69, 9.17) is 28.3 Å².